The molecule has 0 aliphatic carbocycles. The van der Waals surface area contributed by atoms with Crippen LogP contribution in [0.15, 0.2) is 41.4 Å². The van der Waals surface area contributed by atoms with Gasteiger partial charge in [-0.1, -0.05) is 13.8 Å². The van der Waals surface area contributed by atoms with Gasteiger partial charge in [0.15, 0.2) is 0 Å². The zero-order valence-corrected chi connectivity index (χ0v) is 19.0. The molecule has 2 aromatic carbocycles. The second kappa shape index (κ2) is 10.3. The van der Waals surface area contributed by atoms with Gasteiger partial charge in [-0.3, -0.25) is 9.59 Å². The lowest BCUT2D eigenvalue weighted by atomic mass is 9.76. The lowest BCUT2D eigenvalue weighted by molar-refractivity contribution is -0.119. The number of carbonyl (C=O) groups is 2. The molecule has 2 aromatic rings. The van der Waals surface area contributed by atoms with Crippen LogP contribution in [0.3, 0.4) is 0 Å². The molecular weight excluding hydrogens is 440 g/mol. The molecule has 3 atom stereocenters. The normalized spacial score (nSPS) is 18.5. The number of hydrogen-bond acceptors (Lipinski definition) is 5. The van der Waals surface area contributed by atoms with Gasteiger partial charge in [-0.05, 0) is 47.9 Å². The predicted octanol–water partition coefficient (Wildman–Crippen LogP) is 4.01. The summed E-state index contributed by atoms with van der Waals surface area (Å²) < 4.78 is 28.3. The molecule has 0 radical (unpaired) electrons. The Labute approximate surface area is 196 Å². The number of benzene rings is 2. The van der Waals surface area contributed by atoms with E-state index in [0.29, 0.717) is 6.54 Å². The Morgan fingerprint density at radius 1 is 1.26 bits per heavy atom. The number of halogens is 2. The first-order valence-corrected chi connectivity index (χ1v) is 10.7. The van der Waals surface area contributed by atoms with Gasteiger partial charge in [-0.25, -0.2) is 8.78 Å². The fraction of sp³-hybridized carbons (Fsp3) is 0.320. The Morgan fingerprint density at radius 2 is 2.00 bits per heavy atom. The number of nitrogens with zero attached hydrogens (tertiary/aromatic N) is 3. The molecule has 1 aliphatic heterocycles. The van der Waals surface area contributed by atoms with E-state index < -0.39 is 35.4 Å². The van der Waals surface area contributed by atoms with Crippen molar-refractivity contribution in [2.24, 2.45) is 16.8 Å². The zero-order valence-electron chi connectivity index (χ0n) is 19.0. The molecule has 34 heavy (non-hydrogen) atoms. The first-order chi connectivity index (χ1) is 16.2. The number of hydrogen-bond donors (Lipinski definition) is 2. The number of anilines is 1. The van der Waals surface area contributed by atoms with Crippen molar-refractivity contribution >= 4 is 29.9 Å². The monoisotopic (exact) mass is 465 g/mol. The number of aliphatic imine (C=N–C) groups is 1. The van der Waals surface area contributed by atoms with Crippen LogP contribution in [0.25, 0.3) is 0 Å². The van der Waals surface area contributed by atoms with E-state index in [1.54, 1.807) is 0 Å². The summed E-state index contributed by atoms with van der Waals surface area (Å²) >= 11 is 0. The summed E-state index contributed by atoms with van der Waals surface area (Å²) in [6, 6.07) is 8.05. The highest BCUT2D eigenvalue weighted by molar-refractivity contribution is 6.05. The van der Waals surface area contributed by atoms with Crippen LogP contribution in [0, 0.1) is 40.2 Å². The third-order valence-corrected chi connectivity index (χ3v) is 5.59. The molecular formula is C25H25F2N5O2. The number of fused-ring (bicyclic) bond motifs is 1. The van der Waals surface area contributed by atoms with E-state index in [9.17, 15) is 18.4 Å². The fourth-order valence-electron chi connectivity index (χ4n) is 4.31. The quantitative estimate of drug-likeness (QED) is 0.603. The van der Waals surface area contributed by atoms with Crippen LogP contribution < -0.4 is 5.32 Å². The summed E-state index contributed by atoms with van der Waals surface area (Å²) in [5.41, 5.74) is 0.448. The Kier molecular flexibility index (Phi) is 7.51. The number of carbonyl (C=O) groups excluding carboxylic acids is 2. The van der Waals surface area contributed by atoms with Crippen molar-refractivity contribution in [3.63, 3.8) is 0 Å². The van der Waals surface area contributed by atoms with E-state index in [4.69, 9.17) is 10.7 Å². The lowest BCUT2D eigenvalue weighted by Crippen LogP contribution is -2.56. The van der Waals surface area contributed by atoms with Crippen LogP contribution in [-0.2, 0) is 4.79 Å². The van der Waals surface area contributed by atoms with Crippen LogP contribution in [0.2, 0.25) is 0 Å². The summed E-state index contributed by atoms with van der Waals surface area (Å²) in [5, 5.41) is 19.7. The predicted molar refractivity (Wildman–Crippen MR) is 125 cm³/mol. The van der Waals surface area contributed by atoms with Crippen LogP contribution in [0.5, 0.6) is 0 Å². The van der Waals surface area contributed by atoms with E-state index >= 15 is 0 Å². The SMILES string of the molecule is CN=CC(C=N)[C@H]1[C@H](C(=O)Nc2cc(F)cc(C#N)c2)c2cc(F)ccc2C(=O)N1CC(C)C. The highest BCUT2D eigenvalue weighted by Gasteiger charge is 2.46. The Morgan fingerprint density at radius 3 is 2.62 bits per heavy atom. The van der Waals surface area contributed by atoms with Crippen molar-refractivity contribution in [1.82, 2.24) is 4.90 Å². The van der Waals surface area contributed by atoms with Crippen molar-refractivity contribution in [3.8, 4) is 6.07 Å². The number of amides is 2. The summed E-state index contributed by atoms with van der Waals surface area (Å²) in [7, 11) is 1.52. The van der Waals surface area contributed by atoms with Gasteiger partial charge in [0.05, 0.1) is 29.5 Å². The molecule has 1 unspecified atom stereocenters. The molecule has 1 aliphatic rings. The molecule has 1 heterocycles. The summed E-state index contributed by atoms with van der Waals surface area (Å²) in [6.45, 7) is 4.14. The highest BCUT2D eigenvalue weighted by atomic mass is 19.1. The van der Waals surface area contributed by atoms with E-state index in [2.05, 4.69) is 10.3 Å². The molecule has 2 amide bonds. The lowest BCUT2D eigenvalue weighted by Gasteiger charge is -2.44. The van der Waals surface area contributed by atoms with Crippen LogP contribution >= 0.6 is 0 Å². The van der Waals surface area contributed by atoms with E-state index in [1.807, 2.05) is 19.9 Å². The molecule has 2 N–H and O–H groups in total. The van der Waals surface area contributed by atoms with Gasteiger partial charge in [0.2, 0.25) is 5.91 Å². The van der Waals surface area contributed by atoms with E-state index in [0.717, 1.165) is 30.5 Å². The molecule has 0 spiro atoms. The average molecular weight is 466 g/mol. The van der Waals surface area contributed by atoms with Crippen molar-refractivity contribution in [2.75, 3.05) is 18.9 Å². The van der Waals surface area contributed by atoms with Gasteiger partial charge >= 0.3 is 0 Å². The maximum atomic E-state index is 14.3. The fourth-order valence-corrected chi connectivity index (χ4v) is 4.31. The second-order valence-corrected chi connectivity index (χ2v) is 8.53. The van der Waals surface area contributed by atoms with Gasteiger partial charge in [-0.2, -0.15) is 5.26 Å². The third-order valence-electron chi connectivity index (χ3n) is 5.59. The maximum Gasteiger partial charge on any atom is 0.254 e. The van der Waals surface area contributed by atoms with Crippen molar-refractivity contribution in [2.45, 2.75) is 25.8 Å². The molecule has 0 saturated carbocycles. The Hall–Kier alpha value is -3.93. The molecule has 0 fully saturated rings. The van der Waals surface area contributed by atoms with Crippen LogP contribution in [0.1, 0.15) is 41.3 Å². The molecule has 7 nitrogen and oxygen atoms in total. The average Bonchev–Trinajstić information content (AvgIpc) is 2.78. The summed E-state index contributed by atoms with van der Waals surface area (Å²) in [6.07, 6.45) is 2.57. The number of nitriles is 1. The third kappa shape index (κ3) is 5.01. The Balaban J connectivity index is 2.18. The largest absolute Gasteiger partial charge is 0.333 e. The van der Waals surface area contributed by atoms with Crippen molar-refractivity contribution < 1.29 is 18.4 Å². The summed E-state index contributed by atoms with van der Waals surface area (Å²) in [4.78, 5) is 32.6. The van der Waals surface area contributed by atoms with Gasteiger partial charge in [-0.15, -0.1) is 0 Å². The summed E-state index contributed by atoms with van der Waals surface area (Å²) in [5.74, 6) is -4.08. The minimum Gasteiger partial charge on any atom is -0.333 e. The first kappa shape index (κ1) is 24.7. The molecule has 0 bridgehead atoms. The topological polar surface area (TPSA) is 109 Å². The molecule has 9 heteroatoms. The van der Waals surface area contributed by atoms with Crippen molar-refractivity contribution in [1.29, 1.82) is 10.7 Å². The van der Waals surface area contributed by atoms with Crippen LogP contribution in [0.4, 0.5) is 14.5 Å². The molecule has 3 rings (SSSR count). The van der Waals surface area contributed by atoms with E-state index in [-0.39, 0.29) is 34.2 Å². The highest BCUT2D eigenvalue weighted by Crippen LogP contribution is 2.38. The van der Waals surface area contributed by atoms with Gasteiger partial charge in [0.1, 0.15) is 11.6 Å². The minimum atomic E-state index is -1.08. The molecule has 176 valence electrons. The molecule has 0 aromatic heterocycles. The first-order valence-electron chi connectivity index (χ1n) is 10.7. The molecule has 0 saturated heterocycles. The van der Waals surface area contributed by atoms with Gasteiger partial charge in [0, 0.05) is 37.3 Å². The second-order valence-electron chi connectivity index (χ2n) is 8.53. The standard InChI is InChI=1S/C25H25F2N5O2/c1-14(2)13-32-23(16(11-29)12-30-3)22(21-9-17(26)4-5-20(21)25(32)34)24(33)31-19-7-15(10-28)6-18(27)8-19/h4-9,11-12,14,16,22-23,29H,13H2,1-3H3,(H,31,33)/t16?,22-,23+/m1/s1. The van der Waals surface area contributed by atoms with E-state index in [1.165, 1.54) is 30.3 Å². The zero-order chi connectivity index (χ0) is 25.0. The Bertz CT molecular complexity index is 1190. The smallest absolute Gasteiger partial charge is 0.254 e. The maximum absolute atomic E-state index is 14.3. The minimum absolute atomic E-state index is 0.0223. The number of nitrogens with one attached hydrogen (secondary N) is 2. The van der Waals surface area contributed by atoms with Gasteiger partial charge in [0.25, 0.3) is 5.91 Å². The van der Waals surface area contributed by atoms with Gasteiger partial charge < -0.3 is 20.6 Å². The number of rotatable bonds is 7. The van der Waals surface area contributed by atoms with Crippen LogP contribution in [-0.4, -0.2) is 48.8 Å². The van der Waals surface area contributed by atoms with Crippen molar-refractivity contribution in [3.05, 3.63) is 64.7 Å².